The molecule has 0 rings (SSSR count). The summed E-state index contributed by atoms with van der Waals surface area (Å²) < 4.78 is 0. The van der Waals surface area contributed by atoms with Crippen molar-refractivity contribution in [1.29, 1.82) is 0 Å². The van der Waals surface area contributed by atoms with E-state index >= 15 is 0 Å². The quantitative estimate of drug-likeness (QED) is 0.0461. The summed E-state index contributed by atoms with van der Waals surface area (Å²) >= 11 is 3.82. The van der Waals surface area contributed by atoms with Gasteiger partial charge in [0.25, 0.3) is 0 Å². The number of aliphatic hydroxyl groups is 1. The molecule has 4 atom stereocenters. The number of aliphatic hydroxyl groups excluding tert-OH is 1. The highest BCUT2D eigenvalue weighted by atomic mass is 32.1. The number of carbonyl (C=O) groups excluding carboxylic acids is 4. The second kappa shape index (κ2) is 14.8. The van der Waals surface area contributed by atoms with Crippen molar-refractivity contribution in [3.63, 3.8) is 0 Å². The number of nitrogens with zero attached hydrogens (tertiary/aromatic N) is 1. The fourth-order valence-electron chi connectivity index (χ4n) is 2.27. The molecule has 182 valence electrons. The molecule has 15 nitrogen and oxygen atoms in total. The molecule has 0 fully saturated rings. The van der Waals surface area contributed by atoms with Gasteiger partial charge in [0.15, 0.2) is 5.96 Å². The molecule has 0 heterocycles. The van der Waals surface area contributed by atoms with Crippen molar-refractivity contribution in [2.75, 3.05) is 18.9 Å². The van der Waals surface area contributed by atoms with Crippen molar-refractivity contribution in [2.24, 2.45) is 27.9 Å². The summed E-state index contributed by atoms with van der Waals surface area (Å²) in [5.41, 5.74) is 21.0. The van der Waals surface area contributed by atoms with Crippen LogP contribution in [0.25, 0.3) is 0 Å². The number of aliphatic imine (C=N–C) groups is 1. The first-order valence-corrected chi connectivity index (χ1v) is 10.0. The van der Waals surface area contributed by atoms with E-state index < -0.39 is 66.8 Å². The molecule has 0 aromatic heterocycles. The number of hydrogen-bond donors (Lipinski definition) is 10. The number of carboxylic acids is 1. The molecular formula is C16H30N8O7S. The number of rotatable bonds is 15. The Morgan fingerprint density at radius 2 is 1.44 bits per heavy atom. The molecule has 32 heavy (non-hydrogen) atoms. The second-order valence-corrected chi connectivity index (χ2v) is 6.98. The maximum atomic E-state index is 12.7. The van der Waals surface area contributed by atoms with Gasteiger partial charge in [-0.25, -0.2) is 4.79 Å². The zero-order valence-electron chi connectivity index (χ0n) is 17.2. The maximum Gasteiger partial charge on any atom is 0.327 e. The van der Waals surface area contributed by atoms with Crippen LogP contribution in [0.3, 0.4) is 0 Å². The van der Waals surface area contributed by atoms with Crippen molar-refractivity contribution >= 4 is 48.2 Å². The number of nitrogens with one attached hydrogen (secondary N) is 3. The zero-order valence-corrected chi connectivity index (χ0v) is 18.1. The average Bonchev–Trinajstić information content (AvgIpc) is 2.71. The summed E-state index contributed by atoms with van der Waals surface area (Å²) in [7, 11) is 0. The Morgan fingerprint density at radius 3 is 1.91 bits per heavy atom. The normalized spacial score (nSPS) is 14.2. The number of aliphatic carboxylic acids is 1. The smallest absolute Gasteiger partial charge is 0.327 e. The van der Waals surface area contributed by atoms with E-state index in [2.05, 4.69) is 33.6 Å². The lowest BCUT2D eigenvalue weighted by atomic mass is 10.1. The van der Waals surface area contributed by atoms with Crippen LogP contribution in [0.2, 0.25) is 0 Å². The second-order valence-electron chi connectivity index (χ2n) is 6.61. The number of primary amides is 1. The number of amides is 4. The average molecular weight is 479 g/mol. The predicted molar refractivity (Wildman–Crippen MR) is 116 cm³/mol. The first-order chi connectivity index (χ1) is 14.9. The number of thiol groups is 1. The van der Waals surface area contributed by atoms with Crippen LogP contribution in [0.5, 0.6) is 0 Å². The summed E-state index contributed by atoms with van der Waals surface area (Å²) in [6.45, 7) is -0.553. The molecule has 0 spiro atoms. The number of carbonyl (C=O) groups is 5. The Bertz CT molecular complexity index is 717. The molecule has 0 radical (unpaired) electrons. The molecule has 0 saturated carbocycles. The van der Waals surface area contributed by atoms with E-state index in [1.165, 1.54) is 0 Å². The van der Waals surface area contributed by atoms with Crippen molar-refractivity contribution in [3.05, 3.63) is 0 Å². The van der Waals surface area contributed by atoms with Gasteiger partial charge in [-0.05, 0) is 12.8 Å². The van der Waals surface area contributed by atoms with Gasteiger partial charge in [-0.15, -0.1) is 0 Å². The fraction of sp³-hybridized carbons (Fsp3) is 0.625. The topological polar surface area (TPSA) is 278 Å². The van der Waals surface area contributed by atoms with Crippen molar-refractivity contribution in [1.82, 2.24) is 16.0 Å². The first kappa shape index (κ1) is 28.9. The molecule has 0 aliphatic heterocycles. The Balaban J connectivity index is 5.46. The van der Waals surface area contributed by atoms with E-state index in [0.717, 1.165) is 0 Å². The van der Waals surface area contributed by atoms with Crippen LogP contribution in [0.15, 0.2) is 4.99 Å². The monoisotopic (exact) mass is 478 g/mol. The maximum absolute atomic E-state index is 12.7. The molecule has 0 bridgehead atoms. The van der Waals surface area contributed by atoms with Gasteiger partial charge in [0, 0.05) is 12.3 Å². The molecule has 0 saturated heterocycles. The molecular weight excluding hydrogens is 448 g/mol. The van der Waals surface area contributed by atoms with Gasteiger partial charge in [0.2, 0.25) is 23.6 Å². The summed E-state index contributed by atoms with van der Waals surface area (Å²) in [5, 5.41) is 24.8. The van der Waals surface area contributed by atoms with Gasteiger partial charge >= 0.3 is 5.97 Å². The molecule has 0 aromatic carbocycles. The van der Waals surface area contributed by atoms with E-state index in [0.29, 0.717) is 0 Å². The minimum atomic E-state index is -1.52. The van der Waals surface area contributed by atoms with Gasteiger partial charge in [0.05, 0.1) is 13.0 Å². The molecule has 4 amide bonds. The Morgan fingerprint density at radius 1 is 0.906 bits per heavy atom. The highest BCUT2D eigenvalue weighted by Gasteiger charge is 2.30. The van der Waals surface area contributed by atoms with Gasteiger partial charge in [-0.2, -0.15) is 12.6 Å². The summed E-state index contributed by atoms with van der Waals surface area (Å²) in [4.78, 5) is 63.3. The highest BCUT2D eigenvalue weighted by molar-refractivity contribution is 7.80. The molecule has 0 aliphatic carbocycles. The van der Waals surface area contributed by atoms with Crippen molar-refractivity contribution in [2.45, 2.75) is 43.4 Å². The van der Waals surface area contributed by atoms with Crippen LogP contribution >= 0.6 is 12.6 Å². The third-order valence-electron chi connectivity index (χ3n) is 3.95. The van der Waals surface area contributed by atoms with Crippen LogP contribution in [0.4, 0.5) is 0 Å². The lowest BCUT2D eigenvalue weighted by molar-refractivity contribution is -0.141. The third-order valence-corrected chi connectivity index (χ3v) is 4.31. The van der Waals surface area contributed by atoms with Crippen molar-refractivity contribution < 1.29 is 34.2 Å². The van der Waals surface area contributed by atoms with Crippen LogP contribution in [0, 0.1) is 0 Å². The number of guanidine groups is 1. The van der Waals surface area contributed by atoms with Gasteiger partial charge in [-0.1, -0.05) is 0 Å². The molecule has 0 aromatic rings. The Labute approximate surface area is 189 Å². The lowest BCUT2D eigenvalue weighted by Gasteiger charge is -2.24. The van der Waals surface area contributed by atoms with Crippen LogP contribution in [0.1, 0.15) is 19.3 Å². The van der Waals surface area contributed by atoms with E-state index in [4.69, 9.17) is 33.1 Å². The highest BCUT2D eigenvalue weighted by Crippen LogP contribution is 2.03. The molecule has 16 heteroatoms. The largest absolute Gasteiger partial charge is 0.480 e. The molecule has 13 N–H and O–H groups in total. The molecule has 0 aliphatic rings. The zero-order chi connectivity index (χ0) is 24.8. The van der Waals surface area contributed by atoms with E-state index in [1.54, 1.807) is 0 Å². The summed E-state index contributed by atoms with van der Waals surface area (Å²) in [5.74, 6) is -5.46. The Hall–Kier alpha value is -3.11. The van der Waals surface area contributed by atoms with Gasteiger partial charge < -0.3 is 49.1 Å². The third kappa shape index (κ3) is 11.3. The van der Waals surface area contributed by atoms with Gasteiger partial charge in [-0.3, -0.25) is 24.2 Å². The van der Waals surface area contributed by atoms with Crippen molar-refractivity contribution in [3.8, 4) is 0 Å². The SMILES string of the molecule is NC(=O)CC(NC(=O)C(CCCN=C(N)N)NC(=O)C(N)CO)C(=O)NC(CS)C(=O)O. The minimum Gasteiger partial charge on any atom is -0.480 e. The van der Waals surface area contributed by atoms with Crippen LogP contribution in [-0.4, -0.2) is 88.8 Å². The first-order valence-electron chi connectivity index (χ1n) is 9.37. The minimum absolute atomic E-state index is 0.00576. The standard InChI is InChI=1S/C16H30N8O7S/c17-7(5-25)12(27)22-8(2-1-3-21-16(19)20)13(28)23-9(4-11(18)26)14(29)24-10(6-32)15(30)31/h7-10,25,32H,1-6,17H2,(H2,18,26)(H,22,27)(H,23,28)(H,24,29)(H,30,31)(H4,19,20,21). The summed E-state index contributed by atoms with van der Waals surface area (Å²) in [6, 6.07) is -5.45. The number of nitrogens with two attached hydrogens (primary N) is 4. The van der Waals surface area contributed by atoms with Crippen LogP contribution < -0.4 is 38.9 Å². The fourth-order valence-corrected chi connectivity index (χ4v) is 2.52. The lowest BCUT2D eigenvalue weighted by Crippen LogP contribution is -2.58. The summed E-state index contributed by atoms with van der Waals surface area (Å²) in [6.07, 6.45) is -0.398. The van der Waals surface area contributed by atoms with Crippen LogP contribution in [-0.2, 0) is 24.0 Å². The number of hydrogen-bond acceptors (Lipinski definition) is 9. The molecule has 4 unspecified atom stereocenters. The van der Waals surface area contributed by atoms with E-state index in [1.807, 2.05) is 0 Å². The van der Waals surface area contributed by atoms with E-state index in [-0.39, 0.29) is 31.1 Å². The van der Waals surface area contributed by atoms with Gasteiger partial charge in [0.1, 0.15) is 24.2 Å². The number of carboxylic acid groups (broad SMARTS) is 1. The van der Waals surface area contributed by atoms with E-state index in [9.17, 15) is 24.0 Å². The Kier molecular flexibility index (Phi) is 13.4. The predicted octanol–water partition coefficient (Wildman–Crippen LogP) is -5.30.